The van der Waals surface area contributed by atoms with Crippen molar-refractivity contribution in [3.63, 3.8) is 0 Å². The van der Waals surface area contributed by atoms with Crippen LogP contribution in [0.5, 0.6) is 0 Å². The van der Waals surface area contributed by atoms with Gasteiger partial charge in [0.2, 0.25) is 0 Å². The molecule has 0 saturated carbocycles. The Morgan fingerprint density at radius 2 is 1.80 bits per heavy atom. The van der Waals surface area contributed by atoms with E-state index in [4.69, 9.17) is 10.7 Å². The Morgan fingerprint density at radius 1 is 0.900 bits per heavy atom. The molecule has 0 saturated heterocycles. The molecule has 3 aromatic carbocycles. The molecule has 3 heteroatoms. The Kier molecular flexibility index (Phi) is 2.47. The summed E-state index contributed by atoms with van der Waals surface area (Å²) in [6.45, 7) is 0. The molecule has 4 aromatic rings. The van der Waals surface area contributed by atoms with Gasteiger partial charge in [0.25, 0.3) is 0 Å². The molecule has 2 N–H and O–H groups in total. The third-order valence-corrected chi connectivity index (χ3v) is 4.50. The van der Waals surface area contributed by atoms with Gasteiger partial charge in [0.05, 0.1) is 10.2 Å². The van der Waals surface area contributed by atoms with Crippen molar-refractivity contribution in [3.05, 3.63) is 60.7 Å². The van der Waals surface area contributed by atoms with Crippen molar-refractivity contribution in [1.29, 1.82) is 0 Å². The van der Waals surface area contributed by atoms with Crippen molar-refractivity contribution in [2.24, 2.45) is 0 Å². The topological polar surface area (TPSA) is 38.9 Å². The zero-order chi connectivity index (χ0) is 13.5. The zero-order valence-electron chi connectivity index (χ0n) is 10.7. The highest BCUT2D eigenvalue weighted by molar-refractivity contribution is 7.21. The van der Waals surface area contributed by atoms with Gasteiger partial charge < -0.3 is 5.73 Å². The monoisotopic (exact) mass is 276 g/mol. The second kappa shape index (κ2) is 4.32. The average molecular weight is 276 g/mol. The van der Waals surface area contributed by atoms with Crippen LogP contribution in [-0.2, 0) is 0 Å². The quantitative estimate of drug-likeness (QED) is 0.512. The Hall–Kier alpha value is -2.39. The first-order chi connectivity index (χ1) is 9.81. The Morgan fingerprint density at radius 3 is 2.70 bits per heavy atom. The summed E-state index contributed by atoms with van der Waals surface area (Å²) in [5, 5.41) is 3.41. The van der Waals surface area contributed by atoms with E-state index in [9.17, 15) is 0 Å². The number of aromatic nitrogens is 1. The molecular weight excluding hydrogens is 264 g/mol. The maximum absolute atomic E-state index is 5.86. The van der Waals surface area contributed by atoms with Gasteiger partial charge in [-0.3, -0.25) is 0 Å². The van der Waals surface area contributed by atoms with Crippen LogP contribution in [0.3, 0.4) is 0 Å². The Bertz CT molecular complexity index is 891. The summed E-state index contributed by atoms with van der Waals surface area (Å²) in [6, 6.07) is 20.5. The normalized spacial score (nSPS) is 11.2. The van der Waals surface area contributed by atoms with Gasteiger partial charge in [0.15, 0.2) is 0 Å². The number of anilines is 1. The van der Waals surface area contributed by atoms with E-state index in [1.807, 2.05) is 24.3 Å². The molecule has 0 amide bonds. The van der Waals surface area contributed by atoms with Crippen molar-refractivity contribution in [2.75, 3.05) is 5.73 Å². The van der Waals surface area contributed by atoms with Crippen molar-refractivity contribution < 1.29 is 0 Å². The maximum atomic E-state index is 5.86. The van der Waals surface area contributed by atoms with Crippen molar-refractivity contribution in [3.8, 4) is 10.6 Å². The lowest BCUT2D eigenvalue weighted by Gasteiger charge is -2.04. The SMILES string of the molecule is Nc1ccc2c(-c3nc4ccccc4s3)cccc2c1. The van der Waals surface area contributed by atoms with Crippen molar-refractivity contribution in [2.45, 2.75) is 0 Å². The van der Waals surface area contributed by atoms with Crippen LogP contribution in [0.4, 0.5) is 5.69 Å². The van der Waals surface area contributed by atoms with E-state index in [-0.39, 0.29) is 0 Å². The van der Waals surface area contributed by atoms with E-state index in [2.05, 4.69) is 36.4 Å². The number of rotatable bonds is 1. The molecule has 0 aliphatic rings. The Balaban J connectivity index is 2.01. The van der Waals surface area contributed by atoms with Crippen LogP contribution in [0, 0.1) is 0 Å². The lowest BCUT2D eigenvalue weighted by atomic mass is 10.0. The standard InChI is InChI=1S/C17H12N2S/c18-12-8-9-13-11(10-12)4-3-5-14(13)17-19-15-6-1-2-7-16(15)20-17/h1-10H,18H2. The largest absolute Gasteiger partial charge is 0.399 e. The van der Waals surface area contributed by atoms with Crippen LogP contribution in [0.15, 0.2) is 60.7 Å². The molecule has 0 aliphatic carbocycles. The molecule has 4 rings (SSSR count). The van der Waals surface area contributed by atoms with Crippen LogP contribution in [-0.4, -0.2) is 4.98 Å². The number of nitrogens with zero attached hydrogens (tertiary/aromatic N) is 1. The molecule has 2 nitrogen and oxygen atoms in total. The summed E-state index contributed by atoms with van der Waals surface area (Å²) >= 11 is 1.73. The third kappa shape index (κ3) is 1.75. The van der Waals surface area contributed by atoms with Crippen molar-refractivity contribution in [1.82, 2.24) is 4.98 Å². The zero-order valence-corrected chi connectivity index (χ0v) is 11.5. The van der Waals surface area contributed by atoms with E-state index in [1.54, 1.807) is 11.3 Å². The number of nitrogen functional groups attached to an aromatic ring is 1. The van der Waals surface area contributed by atoms with Gasteiger partial charge >= 0.3 is 0 Å². The number of thiazole rings is 1. The molecule has 0 unspecified atom stereocenters. The van der Waals surface area contributed by atoms with E-state index >= 15 is 0 Å². The smallest absolute Gasteiger partial charge is 0.125 e. The molecule has 0 fully saturated rings. The minimum absolute atomic E-state index is 0.791. The molecule has 96 valence electrons. The number of hydrogen-bond acceptors (Lipinski definition) is 3. The second-order valence-electron chi connectivity index (χ2n) is 4.77. The van der Waals surface area contributed by atoms with E-state index in [0.29, 0.717) is 0 Å². The van der Waals surface area contributed by atoms with Gasteiger partial charge in [-0.1, -0.05) is 36.4 Å². The fourth-order valence-electron chi connectivity index (χ4n) is 2.48. The van der Waals surface area contributed by atoms with E-state index in [0.717, 1.165) is 21.6 Å². The van der Waals surface area contributed by atoms with Gasteiger partial charge in [-0.2, -0.15) is 0 Å². The lowest BCUT2D eigenvalue weighted by molar-refractivity contribution is 1.49. The van der Waals surface area contributed by atoms with Gasteiger partial charge in [-0.15, -0.1) is 11.3 Å². The fourth-order valence-corrected chi connectivity index (χ4v) is 3.48. The number of fused-ring (bicyclic) bond motifs is 2. The summed E-state index contributed by atoms with van der Waals surface area (Å²) in [4.78, 5) is 4.74. The lowest BCUT2D eigenvalue weighted by Crippen LogP contribution is -1.85. The number of nitrogens with two attached hydrogens (primary N) is 1. The molecule has 0 atom stereocenters. The summed E-state index contributed by atoms with van der Waals surface area (Å²) in [7, 11) is 0. The van der Waals surface area contributed by atoms with Crippen LogP contribution in [0.25, 0.3) is 31.6 Å². The maximum Gasteiger partial charge on any atom is 0.125 e. The second-order valence-corrected chi connectivity index (χ2v) is 5.80. The van der Waals surface area contributed by atoms with Gasteiger partial charge in [-0.05, 0) is 35.0 Å². The first-order valence-electron chi connectivity index (χ1n) is 6.45. The Labute approximate surface area is 120 Å². The van der Waals surface area contributed by atoms with Crippen LogP contribution in [0.2, 0.25) is 0 Å². The first-order valence-corrected chi connectivity index (χ1v) is 7.27. The highest BCUT2D eigenvalue weighted by Crippen LogP contribution is 2.34. The summed E-state index contributed by atoms with van der Waals surface area (Å²) in [5.41, 5.74) is 8.88. The molecule has 0 aliphatic heterocycles. The highest BCUT2D eigenvalue weighted by atomic mass is 32.1. The van der Waals surface area contributed by atoms with Gasteiger partial charge in [0.1, 0.15) is 5.01 Å². The van der Waals surface area contributed by atoms with E-state index in [1.165, 1.54) is 15.6 Å². The third-order valence-electron chi connectivity index (χ3n) is 3.43. The van der Waals surface area contributed by atoms with Crippen LogP contribution in [0.1, 0.15) is 0 Å². The molecule has 1 aromatic heterocycles. The molecule has 20 heavy (non-hydrogen) atoms. The highest BCUT2D eigenvalue weighted by Gasteiger charge is 2.09. The minimum Gasteiger partial charge on any atom is -0.399 e. The predicted molar refractivity (Wildman–Crippen MR) is 87.0 cm³/mol. The number of para-hydroxylation sites is 1. The summed E-state index contributed by atoms with van der Waals surface area (Å²) < 4.78 is 1.22. The van der Waals surface area contributed by atoms with Crippen LogP contribution < -0.4 is 5.73 Å². The average Bonchev–Trinajstić information content (AvgIpc) is 2.90. The van der Waals surface area contributed by atoms with Crippen LogP contribution >= 0.6 is 11.3 Å². The molecule has 0 spiro atoms. The summed E-state index contributed by atoms with van der Waals surface area (Å²) in [5.74, 6) is 0. The number of hydrogen-bond donors (Lipinski definition) is 1. The summed E-state index contributed by atoms with van der Waals surface area (Å²) in [6.07, 6.45) is 0. The van der Waals surface area contributed by atoms with E-state index < -0.39 is 0 Å². The minimum atomic E-state index is 0.791. The molecular formula is C17H12N2S. The van der Waals surface area contributed by atoms with Gasteiger partial charge in [0, 0.05) is 11.3 Å². The predicted octanol–water partition coefficient (Wildman–Crippen LogP) is 4.70. The number of benzene rings is 3. The fraction of sp³-hybridized carbons (Fsp3) is 0. The molecule has 1 heterocycles. The van der Waals surface area contributed by atoms with Gasteiger partial charge in [-0.25, -0.2) is 4.98 Å². The molecule has 0 bridgehead atoms. The molecule has 0 radical (unpaired) electrons. The first kappa shape index (κ1) is 11.4. The van der Waals surface area contributed by atoms with Crippen molar-refractivity contribution >= 4 is 38.0 Å².